The third-order valence-corrected chi connectivity index (χ3v) is 4.31. The molecule has 1 unspecified atom stereocenters. The molecule has 4 N–H and O–H groups in total. The maximum absolute atomic E-state index is 10.3. The van der Waals surface area contributed by atoms with E-state index in [4.69, 9.17) is 14.2 Å². The van der Waals surface area contributed by atoms with Crippen LogP contribution in [0.2, 0.25) is 0 Å². The molecule has 0 aliphatic rings. The number of hydrogen-bond acceptors (Lipinski definition) is 7. The zero-order chi connectivity index (χ0) is 19.8. The summed E-state index contributed by atoms with van der Waals surface area (Å²) in [5, 5.41) is 32.3. The Labute approximate surface area is 159 Å². The van der Waals surface area contributed by atoms with Crippen molar-refractivity contribution in [1.29, 1.82) is 0 Å². The normalized spacial score (nSPS) is 11.9. The summed E-state index contributed by atoms with van der Waals surface area (Å²) >= 11 is 0. The van der Waals surface area contributed by atoms with E-state index in [0.29, 0.717) is 47.9 Å². The maximum atomic E-state index is 10.3. The number of rotatable bonds is 10. The van der Waals surface area contributed by atoms with E-state index in [-0.39, 0.29) is 12.4 Å². The van der Waals surface area contributed by atoms with Gasteiger partial charge in [-0.15, -0.1) is 0 Å². The Hall–Kier alpha value is -2.48. The number of hydrogen-bond donors (Lipinski definition) is 4. The van der Waals surface area contributed by atoms with Crippen LogP contribution in [0.3, 0.4) is 0 Å². The van der Waals surface area contributed by atoms with E-state index in [1.54, 1.807) is 33.5 Å². The first-order chi connectivity index (χ1) is 13.0. The third-order valence-electron chi connectivity index (χ3n) is 4.31. The predicted molar refractivity (Wildman–Crippen MR) is 102 cm³/mol. The average Bonchev–Trinajstić information content (AvgIpc) is 2.70. The predicted octanol–water partition coefficient (Wildman–Crippen LogP) is 1.78. The van der Waals surface area contributed by atoms with Crippen molar-refractivity contribution in [2.45, 2.75) is 19.1 Å². The van der Waals surface area contributed by atoms with Gasteiger partial charge in [0.05, 0.1) is 34.0 Å². The van der Waals surface area contributed by atoms with Crippen LogP contribution in [-0.2, 0) is 13.0 Å². The molecule has 0 radical (unpaired) electrons. The van der Waals surface area contributed by atoms with Crippen LogP contribution in [0.25, 0.3) is 0 Å². The summed E-state index contributed by atoms with van der Waals surface area (Å²) in [6.07, 6.45) is -0.0307. The first-order valence-corrected chi connectivity index (χ1v) is 8.64. The lowest BCUT2D eigenvalue weighted by molar-refractivity contribution is 0.174. The number of aliphatic hydroxyl groups excluding tert-OH is 2. The molecule has 27 heavy (non-hydrogen) atoms. The van der Waals surface area contributed by atoms with Gasteiger partial charge in [-0.05, 0) is 48.4 Å². The molecule has 0 saturated heterocycles. The zero-order valence-corrected chi connectivity index (χ0v) is 15.9. The lowest BCUT2D eigenvalue weighted by Gasteiger charge is -2.15. The summed E-state index contributed by atoms with van der Waals surface area (Å²) in [7, 11) is 4.72. The van der Waals surface area contributed by atoms with E-state index in [2.05, 4.69) is 5.32 Å². The summed E-state index contributed by atoms with van der Waals surface area (Å²) in [5.74, 6) is 1.78. The summed E-state index contributed by atoms with van der Waals surface area (Å²) in [4.78, 5) is 0. The average molecular weight is 377 g/mol. The number of phenols is 1. The monoisotopic (exact) mass is 377 g/mol. The highest BCUT2D eigenvalue weighted by atomic mass is 16.5. The van der Waals surface area contributed by atoms with E-state index in [9.17, 15) is 15.3 Å². The molecule has 148 valence electrons. The Morgan fingerprint density at radius 1 is 1.00 bits per heavy atom. The van der Waals surface area contributed by atoms with Crippen molar-refractivity contribution in [3.05, 3.63) is 47.0 Å². The van der Waals surface area contributed by atoms with Gasteiger partial charge >= 0.3 is 0 Å². The van der Waals surface area contributed by atoms with Crippen LogP contribution in [0.5, 0.6) is 23.0 Å². The molecular weight excluding hydrogens is 350 g/mol. The molecule has 2 aromatic rings. The molecule has 2 rings (SSSR count). The lowest BCUT2D eigenvalue weighted by Crippen LogP contribution is -2.23. The van der Waals surface area contributed by atoms with Crippen molar-refractivity contribution in [1.82, 2.24) is 5.32 Å². The second kappa shape index (κ2) is 10.0. The smallest absolute Gasteiger partial charge is 0.203 e. The van der Waals surface area contributed by atoms with E-state index < -0.39 is 6.10 Å². The zero-order valence-electron chi connectivity index (χ0n) is 15.9. The number of methoxy groups -OCH3 is 3. The van der Waals surface area contributed by atoms with Gasteiger partial charge < -0.3 is 34.8 Å². The quantitative estimate of drug-likeness (QED) is 0.468. The van der Waals surface area contributed by atoms with Gasteiger partial charge in [-0.3, -0.25) is 0 Å². The van der Waals surface area contributed by atoms with Gasteiger partial charge in [0.15, 0.2) is 11.5 Å². The minimum atomic E-state index is -0.740. The number of ether oxygens (including phenoxy) is 3. The molecule has 7 nitrogen and oxygen atoms in total. The van der Waals surface area contributed by atoms with Gasteiger partial charge in [-0.25, -0.2) is 0 Å². The summed E-state index contributed by atoms with van der Waals surface area (Å²) < 4.78 is 16.0. The van der Waals surface area contributed by atoms with Crippen molar-refractivity contribution in [3.63, 3.8) is 0 Å². The number of benzene rings is 2. The molecule has 0 amide bonds. The molecule has 1 atom stereocenters. The van der Waals surface area contributed by atoms with Crippen LogP contribution in [0, 0.1) is 0 Å². The Kier molecular flexibility index (Phi) is 7.72. The largest absolute Gasteiger partial charge is 0.508 e. The van der Waals surface area contributed by atoms with Crippen molar-refractivity contribution >= 4 is 0 Å². The standard InChI is InChI=1S/C20H27NO6/c1-25-18-8-13(9-19(26-2)20(18)27-3)6-7-21-11-17(24)14-4-5-16(23)15(10-14)12-22/h4-5,8-10,17,21-24H,6-7,11-12H2,1-3H3. The Morgan fingerprint density at radius 3 is 2.22 bits per heavy atom. The SMILES string of the molecule is COc1cc(CCNCC(O)c2ccc(O)c(CO)c2)cc(OC)c1OC. The molecule has 0 aliphatic carbocycles. The van der Waals surface area contributed by atoms with Gasteiger partial charge in [0, 0.05) is 12.1 Å². The molecule has 0 saturated carbocycles. The maximum Gasteiger partial charge on any atom is 0.203 e. The molecule has 0 spiro atoms. The molecular formula is C20H27NO6. The number of aromatic hydroxyl groups is 1. The first-order valence-electron chi connectivity index (χ1n) is 8.64. The van der Waals surface area contributed by atoms with Crippen molar-refractivity contribution in [2.24, 2.45) is 0 Å². The highest BCUT2D eigenvalue weighted by molar-refractivity contribution is 5.53. The highest BCUT2D eigenvalue weighted by Crippen LogP contribution is 2.38. The van der Waals surface area contributed by atoms with Crippen LogP contribution < -0.4 is 19.5 Å². The molecule has 7 heteroatoms. The molecule has 0 bridgehead atoms. The van der Waals surface area contributed by atoms with Crippen LogP contribution >= 0.6 is 0 Å². The second-order valence-electron chi connectivity index (χ2n) is 6.05. The lowest BCUT2D eigenvalue weighted by atomic mass is 10.1. The van der Waals surface area contributed by atoms with Crippen molar-refractivity contribution in [3.8, 4) is 23.0 Å². The van der Waals surface area contributed by atoms with E-state index in [0.717, 1.165) is 5.56 Å². The molecule has 0 aliphatic heterocycles. The molecule has 0 heterocycles. The fourth-order valence-corrected chi connectivity index (χ4v) is 2.81. The van der Waals surface area contributed by atoms with Crippen molar-refractivity contribution < 1.29 is 29.5 Å². The summed E-state index contributed by atoms with van der Waals surface area (Å²) in [6, 6.07) is 8.50. The highest BCUT2D eigenvalue weighted by Gasteiger charge is 2.13. The van der Waals surface area contributed by atoms with Crippen LogP contribution in [0.1, 0.15) is 22.8 Å². The second-order valence-corrected chi connectivity index (χ2v) is 6.05. The van der Waals surface area contributed by atoms with E-state index in [1.165, 1.54) is 6.07 Å². The number of aliphatic hydroxyl groups is 2. The molecule has 0 aromatic heterocycles. The number of nitrogens with one attached hydrogen (secondary N) is 1. The van der Waals surface area contributed by atoms with Gasteiger partial charge in [0.2, 0.25) is 5.75 Å². The Bertz CT molecular complexity index is 724. The van der Waals surface area contributed by atoms with Crippen LogP contribution in [-0.4, -0.2) is 49.7 Å². The minimum absolute atomic E-state index is 0.0174. The first kappa shape index (κ1) is 20.8. The molecule has 0 fully saturated rings. The van der Waals surface area contributed by atoms with E-state index >= 15 is 0 Å². The summed E-state index contributed by atoms with van der Waals surface area (Å²) in [6.45, 7) is 0.710. The minimum Gasteiger partial charge on any atom is -0.508 e. The fourth-order valence-electron chi connectivity index (χ4n) is 2.81. The van der Waals surface area contributed by atoms with Gasteiger partial charge in [0.25, 0.3) is 0 Å². The van der Waals surface area contributed by atoms with Gasteiger partial charge in [0.1, 0.15) is 5.75 Å². The van der Waals surface area contributed by atoms with Gasteiger partial charge in [-0.1, -0.05) is 6.07 Å². The van der Waals surface area contributed by atoms with Gasteiger partial charge in [-0.2, -0.15) is 0 Å². The Balaban J connectivity index is 1.93. The fraction of sp³-hybridized carbons (Fsp3) is 0.400. The third kappa shape index (κ3) is 5.26. The topological polar surface area (TPSA) is 100 Å². The van der Waals surface area contributed by atoms with Crippen LogP contribution in [0.4, 0.5) is 0 Å². The summed E-state index contributed by atoms with van der Waals surface area (Å²) in [5.41, 5.74) is 2.04. The Morgan fingerprint density at radius 2 is 1.67 bits per heavy atom. The van der Waals surface area contributed by atoms with Crippen molar-refractivity contribution in [2.75, 3.05) is 34.4 Å². The molecule has 2 aromatic carbocycles. The van der Waals surface area contributed by atoms with E-state index in [1.807, 2.05) is 12.1 Å². The van der Waals surface area contributed by atoms with Crippen LogP contribution in [0.15, 0.2) is 30.3 Å².